The summed E-state index contributed by atoms with van der Waals surface area (Å²) in [6.07, 6.45) is 6.44. The van der Waals surface area contributed by atoms with Gasteiger partial charge in [-0.25, -0.2) is 0 Å². The molecule has 0 fully saturated rings. The van der Waals surface area contributed by atoms with E-state index in [1.807, 2.05) is 44.1 Å². The van der Waals surface area contributed by atoms with Gasteiger partial charge in [0.15, 0.2) is 0 Å². The SMILES string of the molecule is CCOc1cc2ncc(C#N)c(Nc3ccc(OCc4ccccn4)cc3Cl)c2cc1NC(=O)/C=C/CN(C)C. The molecule has 2 N–H and O–H groups in total. The van der Waals surface area contributed by atoms with Gasteiger partial charge in [0.1, 0.15) is 24.2 Å². The zero-order valence-electron chi connectivity index (χ0n) is 22.4. The van der Waals surface area contributed by atoms with Crippen molar-refractivity contribution < 1.29 is 14.3 Å². The van der Waals surface area contributed by atoms with Crippen molar-refractivity contribution in [2.45, 2.75) is 13.5 Å². The van der Waals surface area contributed by atoms with E-state index in [1.165, 1.54) is 12.3 Å². The minimum atomic E-state index is -0.301. The lowest BCUT2D eigenvalue weighted by Gasteiger charge is -2.17. The van der Waals surface area contributed by atoms with Gasteiger partial charge in [0.05, 0.1) is 45.5 Å². The molecule has 0 aliphatic carbocycles. The summed E-state index contributed by atoms with van der Waals surface area (Å²) in [5, 5.41) is 17.0. The number of anilines is 3. The fraction of sp³-hybridized carbons (Fsp3) is 0.200. The number of hydrogen-bond acceptors (Lipinski definition) is 8. The second-order valence-corrected chi connectivity index (χ2v) is 9.39. The van der Waals surface area contributed by atoms with Crippen LogP contribution >= 0.6 is 11.6 Å². The number of nitrogens with zero attached hydrogens (tertiary/aromatic N) is 4. The second-order valence-electron chi connectivity index (χ2n) is 8.99. The first-order chi connectivity index (χ1) is 19.4. The number of hydrogen-bond donors (Lipinski definition) is 2. The first-order valence-corrected chi connectivity index (χ1v) is 13.0. The molecule has 2 aromatic heterocycles. The highest BCUT2D eigenvalue weighted by atomic mass is 35.5. The van der Waals surface area contributed by atoms with Gasteiger partial charge in [-0.05, 0) is 51.4 Å². The molecule has 0 unspecified atom stereocenters. The molecule has 204 valence electrons. The lowest BCUT2D eigenvalue weighted by Crippen LogP contribution is -2.13. The summed E-state index contributed by atoms with van der Waals surface area (Å²) < 4.78 is 11.6. The number of carbonyl (C=O) groups excluding carboxylic acids is 1. The molecule has 0 radical (unpaired) electrons. The van der Waals surface area contributed by atoms with Crippen molar-refractivity contribution in [2.24, 2.45) is 0 Å². The van der Waals surface area contributed by atoms with Gasteiger partial charge in [0.25, 0.3) is 0 Å². The van der Waals surface area contributed by atoms with Gasteiger partial charge >= 0.3 is 0 Å². The first kappa shape index (κ1) is 28.4. The van der Waals surface area contributed by atoms with Crippen LogP contribution < -0.4 is 20.1 Å². The van der Waals surface area contributed by atoms with Gasteiger partial charge < -0.3 is 25.0 Å². The Morgan fingerprint density at radius 2 is 1.98 bits per heavy atom. The van der Waals surface area contributed by atoms with Crippen molar-refractivity contribution in [1.82, 2.24) is 14.9 Å². The van der Waals surface area contributed by atoms with E-state index in [0.717, 1.165) is 5.69 Å². The maximum Gasteiger partial charge on any atom is 0.248 e. The highest BCUT2D eigenvalue weighted by Crippen LogP contribution is 2.38. The standard InChI is InChI=1S/C30H29ClN6O3/c1-4-39-28-16-26-23(15-27(28)35-29(38)9-7-13-37(2)3)30(20(17-32)18-34-26)36-25-11-10-22(14-24(25)31)40-19-21-8-5-6-12-33-21/h5-12,14-16,18H,4,13,19H2,1-3H3,(H,34,36)(H,35,38)/b9-7+. The molecule has 10 heteroatoms. The van der Waals surface area contributed by atoms with Crippen LogP contribution in [-0.4, -0.2) is 48.0 Å². The van der Waals surface area contributed by atoms with Crippen LogP contribution in [0.3, 0.4) is 0 Å². The molecule has 0 aliphatic rings. The summed E-state index contributed by atoms with van der Waals surface area (Å²) >= 11 is 6.60. The maximum absolute atomic E-state index is 12.6. The van der Waals surface area contributed by atoms with Crippen molar-refractivity contribution in [1.29, 1.82) is 5.26 Å². The first-order valence-electron chi connectivity index (χ1n) is 12.6. The minimum absolute atomic E-state index is 0.301. The molecule has 40 heavy (non-hydrogen) atoms. The average Bonchev–Trinajstić information content (AvgIpc) is 2.94. The largest absolute Gasteiger partial charge is 0.492 e. The summed E-state index contributed by atoms with van der Waals surface area (Å²) in [6, 6.07) is 16.5. The van der Waals surface area contributed by atoms with E-state index < -0.39 is 0 Å². The van der Waals surface area contributed by atoms with E-state index in [0.29, 0.717) is 69.8 Å². The maximum atomic E-state index is 12.6. The number of nitriles is 1. The summed E-state index contributed by atoms with van der Waals surface area (Å²) in [7, 11) is 3.84. The normalized spacial score (nSPS) is 11.0. The molecule has 0 saturated heterocycles. The Kier molecular flexibility index (Phi) is 9.52. The molecule has 0 saturated carbocycles. The highest BCUT2D eigenvalue weighted by molar-refractivity contribution is 6.33. The summed E-state index contributed by atoms with van der Waals surface area (Å²) in [4.78, 5) is 23.3. The van der Waals surface area contributed by atoms with Gasteiger partial charge in [-0.2, -0.15) is 5.26 Å². The van der Waals surface area contributed by atoms with Crippen molar-refractivity contribution in [2.75, 3.05) is 37.9 Å². The Labute approximate surface area is 238 Å². The predicted octanol–water partition coefficient (Wildman–Crippen LogP) is 5.93. The predicted molar refractivity (Wildman–Crippen MR) is 157 cm³/mol. The van der Waals surface area contributed by atoms with E-state index in [2.05, 4.69) is 26.7 Å². The van der Waals surface area contributed by atoms with E-state index >= 15 is 0 Å². The van der Waals surface area contributed by atoms with Crippen molar-refractivity contribution in [3.8, 4) is 17.6 Å². The number of carbonyl (C=O) groups is 1. The number of halogens is 1. The Morgan fingerprint density at radius 1 is 1.12 bits per heavy atom. The molecule has 0 aliphatic heterocycles. The van der Waals surface area contributed by atoms with E-state index in [4.69, 9.17) is 21.1 Å². The van der Waals surface area contributed by atoms with Crippen LogP contribution in [0.4, 0.5) is 17.1 Å². The number of ether oxygens (including phenoxy) is 2. The minimum Gasteiger partial charge on any atom is -0.492 e. The van der Waals surface area contributed by atoms with Crippen LogP contribution in [0.2, 0.25) is 5.02 Å². The van der Waals surface area contributed by atoms with Gasteiger partial charge in [0, 0.05) is 42.5 Å². The van der Waals surface area contributed by atoms with Crippen LogP contribution in [0, 0.1) is 11.3 Å². The topological polar surface area (TPSA) is 112 Å². The smallest absolute Gasteiger partial charge is 0.248 e. The second kappa shape index (κ2) is 13.4. The molecule has 0 atom stereocenters. The highest BCUT2D eigenvalue weighted by Gasteiger charge is 2.16. The molecule has 2 heterocycles. The Bertz CT molecular complexity index is 1570. The number of pyridine rings is 2. The Hall–Kier alpha value is -4.65. The fourth-order valence-electron chi connectivity index (χ4n) is 3.82. The number of fused-ring (bicyclic) bond motifs is 1. The summed E-state index contributed by atoms with van der Waals surface area (Å²) in [5.41, 5.74) is 3.22. The summed E-state index contributed by atoms with van der Waals surface area (Å²) in [6.45, 7) is 3.19. The monoisotopic (exact) mass is 556 g/mol. The van der Waals surface area contributed by atoms with Crippen LogP contribution in [0.15, 0.2) is 73.1 Å². The molecule has 4 rings (SSSR count). The molecule has 2 aromatic carbocycles. The van der Waals surface area contributed by atoms with Gasteiger partial charge in [-0.1, -0.05) is 23.7 Å². The zero-order chi connectivity index (χ0) is 28.5. The van der Waals surface area contributed by atoms with Gasteiger partial charge in [0.2, 0.25) is 5.91 Å². The molecule has 0 spiro atoms. The molecule has 4 aromatic rings. The van der Waals surface area contributed by atoms with Crippen molar-refractivity contribution in [3.63, 3.8) is 0 Å². The number of amides is 1. The third kappa shape index (κ3) is 7.26. The van der Waals surface area contributed by atoms with Gasteiger partial charge in [-0.15, -0.1) is 0 Å². The van der Waals surface area contributed by atoms with E-state index in [9.17, 15) is 10.1 Å². The number of rotatable bonds is 11. The Morgan fingerprint density at radius 3 is 2.67 bits per heavy atom. The van der Waals surface area contributed by atoms with E-state index in [1.54, 1.807) is 42.6 Å². The zero-order valence-corrected chi connectivity index (χ0v) is 23.2. The van der Waals surface area contributed by atoms with Crippen molar-refractivity contribution >= 4 is 45.5 Å². The lowest BCUT2D eigenvalue weighted by atomic mass is 10.1. The third-order valence-corrected chi connectivity index (χ3v) is 6.01. The Balaban J connectivity index is 1.65. The van der Waals surface area contributed by atoms with Crippen molar-refractivity contribution in [3.05, 3.63) is 89.4 Å². The fourth-order valence-corrected chi connectivity index (χ4v) is 4.04. The van der Waals surface area contributed by atoms with Crippen LogP contribution in [-0.2, 0) is 11.4 Å². The quantitative estimate of drug-likeness (QED) is 0.218. The van der Waals surface area contributed by atoms with Crippen LogP contribution in [0.25, 0.3) is 10.9 Å². The van der Waals surface area contributed by atoms with Crippen LogP contribution in [0.1, 0.15) is 18.2 Å². The number of benzene rings is 2. The lowest BCUT2D eigenvalue weighted by molar-refractivity contribution is -0.111. The van der Waals surface area contributed by atoms with Gasteiger partial charge in [-0.3, -0.25) is 14.8 Å². The number of aromatic nitrogens is 2. The molecule has 1 amide bonds. The molecular weight excluding hydrogens is 528 g/mol. The number of likely N-dealkylation sites (N-methyl/N-ethyl adjacent to an activating group) is 1. The molecule has 0 bridgehead atoms. The third-order valence-electron chi connectivity index (χ3n) is 5.70. The molecular formula is C30H29ClN6O3. The average molecular weight is 557 g/mol. The van der Waals surface area contributed by atoms with E-state index in [-0.39, 0.29) is 5.91 Å². The molecule has 9 nitrogen and oxygen atoms in total. The van der Waals surface area contributed by atoms with Crippen LogP contribution in [0.5, 0.6) is 11.5 Å². The summed E-state index contributed by atoms with van der Waals surface area (Å²) in [5.74, 6) is 0.750. The number of nitrogens with one attached hydrogen (secondary N) is 2.